The van der Waals surface area contributed by atoms with Gasteiger partial charge in [0.2, 0.25) is 0 Å². The summed E-state index contributed by atoms with van der Waals surface area (Å²) in [7, 11) is 0. The van der Waals surface area contributed by atoms with Gasteiger partial charge in [-0.3, -0.25) is 0 Å². The third-order valence-electron chi connectivity index (χ3n) is 2.28. The minimum Gasteiger partial charge on any atom is -0.493 e. The van der Waals surface area contributed by atoms with E-state index < -0.39 is 0 Å². The van der Waals surface area contributed by atoms with Crippen LogP contribution in [0.3, 0.4) is 0 Å². The molecule has 0 bridgehead atoms. The Balaban J connectivity index is 2.53. The highest BCUT2D eigenvalue weighted by molar-refractivity contribution is 5.30. The second-order valence-electron chi connectivity index (χ2n) is 3.75. The first-order valence-electron chi connectivity index (χ1n) is 5.44. The second kappa shape index (κ2) is 6.45. The van der Waals surface area contributed by atoms with E-state index in [0.717, 1.165) is 6.42 Å². The zero-order valence-corrected chi connectivity index (χ0v) is 9.45. The fraction of sp³-hybridized carbons (Fsp3) is 0.500. The molecule has 0 saturated carbocycles. The van der Waals surface area contributed by atoms with Crippen molar-refractivity contribution >= 4 is 0 Å². The molecule has 0 amide bonds. The topological polar surface area (TPSA) is 55.5 Å². The summed E-state index contributed by atoms with van der Waals surface area (Å²) >= 11 is 0. The zero-order valence-electron chi connectivity index (χ0n) is 9.45. The van der Waals surface area contributed by atoms with Crippen molar-refractivity contribution in [2.75, 3.05) is 13.2 Å². The van der Waals surface area contributed by atoms with Crippen LogP contribution in [0.2, 0.25) is 0 Å². The number of hydrogen-bond acceptors (Lipinski definition) is 3. The van der Waals surface area contributed by atoms with Gasteiger partial charge in [-0.25, -0.2) is 4.39 Å². The number of hydrogen-bond donors (Lipinski definition) is 2. The monoisotopic (exact) mass is 227 g/mol. The minimum absolute atomic E-state index is 0.154. The largest absolute Gasteiger partial charge is 0.493 e. The van der Waals surface area contributed by atoms with Crippen LogP contribution in [-0.4, -0.2) is 18.3 Å². The molecule has 1 aromatic carbocycles. The molecule has 0 fully saturated rings. The van der Waals surface area contributed by atoms with Crippen molar-refractivity contribution in [2.24, 2.45) is 5.73 Å². The number of nitrogens with two attached hydrogens (primary N) is 1. The van der Waals surface area contributed by atoms with E-state index in [1.54, 1.807) is 19.1 Å². The molecule has 0 aromatic heterocycles. The summed E-state index contributed by atoms with van der Waals surface area (Å²) in [6.45, 7) is 2.37. The Bertz CT molecular complexity index is 329. The molecule has 90 valence electrons. The van der Waals surface area contributed by atoms with Crippen molar-refractivity contribution in [1.29, 1.82) is 0 Å². The SMILES string of the molecule is C[C@H](N)c1ccc(OCCCCO)cc1F. The first-order chi connectivity index (χ1) is 7.65. The van der Waals surface area contributed by atoms with Crippen LogP contribution in [0.25, 0.3) is 0 Å². The predicted molar refractivity (Wildman–Crippen MR) is 60.8 cm³/mol. The maximum atomic E-state index is 13.5. The van der Waals surface area contributed by atoms with Gasteiger partial charge in [0.25, 0.3) is 0 Å². The fourth-order valence-corrected chi connectivity index (χ4v) is 1.37. The molecule has 4 heteroatoms. The van der Waals surface area contributed by atoms with Crippen molar-refractivity contribution < 1.29 is 14.2 Å². The Labute approximate surface area is 95.0 Å². The van der Waals surface area contributed by atoms with Crippen LogP contribution in [-0.2, 0) is 0 Å². The Kier molecular flexibility index (Phi) is 5.22. The molecule has 0 unspecified atom stereocenters. The van der Waals surface area contributed by atoms with Crippen LogP contribution in [0.1, 0.15) is 31.4 Å². The molecular weight excluding hydrogens is 209 g/mol. The lowest BCUT2D eigenvalue weighted by atomic mass is 10.1. The highest BCUT2D eigenvalue weighted by Gasteiger charge is 2.07. The van der Waals surface area contributed by atoms with Crippen molar-refractivity contribution in [3.63, 3.8) is 0 Å². The predicted octanol–water partition coefficient (Wildman–Crippen LogP) is 2.00. The number of aliphatic hydroxyl groups is 1. The van der Waals surface area contributed by atoms with E-state index in [-0.39, 0.29) is 18.5 Å². The van der Waals surface area contributed by atoms with Crippen LogP contribution in [0.5, 0.6) is 5.75 Å². The number of unbranched alkanes of at least 4 members (excludes halogenated alkanes) is 1. The average molecular weight is 227 g/mol. The van der Waals surface area contributed by atoms with E-state index in [1.807, 2.05) is 0 Å². The van der Waals surface area contributed by atoms with Gasteiger partial charge in [0.15, 0.2) is 0 Å². The van der Waals surface area contributed by atoms with Gasteiger partial charge < -0.3 is 15.6 Å². The fourth-order valence-electron chi connectivity index (χ4n) is 1.37. The molecule has 0 aliphatic rings. The molecule has 0 aliphatic carbocycles. The van der Waals surface area contributed by atoms with Gasteiger partial charge in [-0.15, -0.1) is 0 Å². The molecule has 0 radical (unpaired) electrons. The van der Waals surface area contributed by atoms with Crippen molar-refractivity contribution in [1.82, 2.24) is 0 Å². The molecule has 0 aliphatic heterocycles. The highest BCUT2D eigenvalue weighted by Crippen LogP contribution is 2.20. The smallest absolute Gasteiger partial charge is 0.131 e. The molecule has 0 spiro atoms. The summed E-state index contributed by atoms with van der Waals surface area (Å²) in [6, 6.07) is 4.38. The van der Waals surface area contributed by atoms with Crippen molar-refractivity contribution in [3.8, 4) is 5.75 Å². The summed E-state index contributed by atoms with van der Waals surface area (Å²) in [4.78, 5) is 0. The Hall–Kier alpha value is -1.13. The van der Waals surface area contributed by atoms with E-state index >= 15 is 0 Å². The van der Waals surface area contributed by atoms with Gasteiger partial charge in [0.1, 0.15) is 11.6 Å². The molecule has 0 saturated heterocycles. The van der Waals surface area contributed by atoms with Crippen LogP contribution >= 0.6 is 0 Å². The van der Waals surface area contributed by atoms with E-state index in [2.05, 4.69) is 0 Å². The Morgan fingerprint density at radius 2 is 2.19 bits per heavy atom. The third kappa shape index (κ3) is 3.79. The molecular formula is C12H18FNO2. The summed E-state index contributed by atoms with van der Waals surface area (Å²) in [6.07, 6.45) is 1.45. The van der Waals surface area contributed by atoms with Gasteiger partial charge >= 0.3 is 0 Å². The maximum Gasteiger partial charge on any atom is 0.131 e. The maximum absolute atomic E-state index is 13.5. The zero-order chi connectivity index (χ0) is 12.0. The van der Waals surface area contributed by atoms with Gasteiger partial charge in [-0.1, -0.05) is 6.07 Å². The molecule has 1 atom stereocenters. The van der Waals surface area contributed by atoms with E-state index in [1.165, 1.54) is 6.07 Å². The van der Waals surface area contributed by atoms with Gasteiger partial charge in [0.05, 0.1) is 6.61 Å². The van der Waals surface area contributed by atoms with Crippen LogP contribution in [0.4, 0.5) is 4.39 Å². The van der Waals surface area contributed by atoms with Crippen LogP contribution in [0, 0.1) is 5.82 Å². The third-order valence-corrected chi connectivity index (χ3v) is 2.28. The van der Waals surface area contributed by atoms with Gasteiger partial charge in [-0.2, -0.15) is 0 Å². The van der Waals surface area contributed by atoms with E-state index in [4.69, 9.17) is 15.6 Å². The lowest BCUT2D eigenvalue weighted by molar-refractivity contribution is 0.252. The lowest BCUT2D eigenvalue weighted by Gasteiger charge is -2.10. The van der Waals surface area contributed by atoms with Crippen LogP contribution < -0.4 is 10.5 Å². The normalized spacial score (nSPS) is 12.5. The summed E-state index contributed by atoms with van der Waals surface area (Å²) in [5, 5.41) is 8.58. The molecule has 3 N–H and O–H groups in total. The molecule has 3 nitrogen and oxygen atoms in total. The first-order valence-corrected chi connectivity index (χ1v) is 5.44. The molecule has 1 rings (SSSR count). The summed E-state index contributed by atoms with van der Waals surface area (Å²) in [5.41, 5.74) is 6.08. The van der Waals surface area contributed by atoms with Crippen LogP contribution in [0.15, 0.2) is 18.2 Å². The quantitative estimate of drug-likeness (QED) is 0.731. The molecule has 16 heavy (non-hydrogen) atoms. The number of halogens is 1. The molecule has 1 aromatic rings. The van der Waals surface area contributed by atoms with Gasteiger partial charge in [0, 0.05) is 24.3 Å². The average Bonchev–Trinajstić information content (AvgIpc) is 2.24. The summed E-state index contributed by atoms with van der Waals surface area (Å²) in [5.74, 6) is 0.162. The number of ether oxygens (including phenoxy) is 1. The lowest BCUT2D eigenvalue weighted by Crippen LogP contribution is -2.07. The number of rotatable bonds is 6. The van der Waals surface area contributed by atoms with E-state index in [9.17, 15) is 4.39 Å². The Morgan fingerprint density at radius 3 is 2.75 bits per heavy atom. The van der Waals surface area contributed by atoms with Crippen molar-refractivity contribution in [3.05, 3.63) is 29.6 Å². The van der Waals surface area contributed by atoms with E-state index in [0.29, 0.717) is 24.3 Å². The standard InChI is InChI=1S/C12H18FNO2/c1-9(14)11-5-4-10(8-12(11)13)16-7-3-2-6-15/h4-5,8-9,15H,2-3,6-7,14H2,1H3/t9-/m0/s1. The summed E-state index contributed by atoms with van der Waals surface area (Å²) < 4.78 is 18.8. The second-order valence-corrected chi connectivity index (χ2v) is 3.75. The number of benzene rings is 1. The number of aliphatic hydroxyl groups excluding tert-OH is 1. The highest BCUT2D eigenvalue weighted by atomic mass is 19.1. The minimum atomic E-state index is -0.338. The van der Waals surface area contributed by atoms with Crippen molar-refractivity contribution in [2.45, 2.75) is 25.8 Å². The first kappa shape index (κ1) is 12.9. The molecule has 0 heterocycles. The Morgan fingerprint density at radius 1 is 1.44 bits per heavy atom. The van der Waals surface area contributed by atoms with Gasteiger partial charge in [-0.05, 0) is 25.8 Å².